The number of fused-ring (bicyclic) bond motifs is 1. The van der Waals surface area contributed by atoms with E-state index < -0.39 is 5.97 Å². The van der Waals surface area contributed by atoms with Gasteiger partial charge in [-0.2, -0.15) is 0 Å². The van der Waals surface area contributed by atoms with Gasteiger partial charge in [-0.05, 0) is 43.7 Å². The number of hydrogen-bond donors (Lipinski definition) is 1. The van der Waals surface area contributed by atoms with Crippen LogP contribution in [-0.4, -0.2) is 20.6 Å². The van der Waals surface area contributed by atoms with Crippen LogP contribution >= 0.6 is 0 Å². The zero-order chi connectivity index (χ0) is 14.4. The predicted octanol–water partition coefficient (Wildman–Crippen LogP) is 3.80. The van der Waals surface area contributed by atoms with Crippen molar-refractivity contribution in [2.24, 2.45) is 5.92 Å². The first-order valence-corrected chi connectivity index (χ1v) is 7.96. The van der Waals surface area contributed by atoms with Crippen molar-refractivity contribution in [3.05, 3.63) is 29.6 Å². The minimum atomic E-state index is -0.881. The number of rotatable bonds is 4. The predicted molar refractivity (Wildman–Crippen MR) is 80.6 cm³/mol. The molecule has 1 N–H and O–H groups in total. The molecule has 2 aliphatic rings. The van der Waals surface area contributed by atoms with E-state index in [2.05, 4.69) is 4.57 Å². The molecule has 1 heterocycles. The maximum atomic E-state index is 11.4. The van der Waals surface area contributed by atoms with Crippen LogP contribution in [0.4, 0.5) is 0 Å². The highest BCUT2D eigenvalue weighted by Crippen LogP contribution is 2.42. The third-order valence-corrected chi connectivity index (χ3v) is 4.90. The van der Waals surface area contributed by atoms with E-state index in [0.29, 0.717) is 17.0 Å². The zero-order valence-electron chi connectivity index (χ0n) is 12.1. The second kappa shape index (κ2) is 4.86. The average molecular weight is 284 g/mol. The normalized spacial score (nSPS) is 19.4. The van der Waals surface area contributed by atoms with Crippen molar-refractivity contribution < 1.29 is 9.90 Å². The first kappa shape index (κ1) is 12.9. The summed E-state index contributed by atoms with van der Waals surface area (Å²) in [6, 6.07) is 5.53. The third kappa shape index (κ3) is 2.23. The van der Waals surface area contributed by atoms with Gasteiger partial charge in [0.15, 0.2) is 0 Å². The van der Waals surface area contributed by atoms with Crippen LogP contribution in [0.25, 0.3) is 11.0 Å². The summed E-state index contributed by atoms with van der Waals surface area (Å²) in [6.45, 7) is 1.01. The number of aromatic nitrogens is 2. The van der Waals surface area contributed by atoms with E-state index >= 15 is 0 Å². The molecule has 4 nitrogen and oxygen atoms in total. The van der Waals surface area contributed by atoms with Crippen LogP contribution in [0, 0.1) is 5.92 Å². The van der Waals surface area contributed by atoms with Crippen LogP contribution in [0.5, 0.6) is 0 Å². The number of benzene rings is 1. The lowest BCUT2D eigenvalue weighted by Gasteiger charge is -2.14. The summed E-state index contributed by atoms with van der Waals surface area (Å²) in [5, 5.41) is 9.37. The molecule has 0 atom stereocenters. The number of carboxylic acids is 1. The molecule has 110 valence electrons. The Labute approximate surface area is 123 Å². The van der Waals surface area contributed by atoms with Gasteiger partial charge in [0.25, 0.3) is 0 Å². The Bertz CT molecular complexity index is 694. The van der Waals surface area contributed by atoms with E-state index in [1.165, 1.54) is 38.5 Å². The minimum Gasteiger partial charge on any atom is -0.478 e. The molecule has 0 unspecified atom stereocenters. The van der Waals surface area contributed by atoms with Crippen molar-refractivity contribution >= 4 is 17.0 Å². The molecule has 0 aliphatic heterocycles. The Morgan fingerprint density at radius 2 is 2.00 bits per heavy atom. The molecular weight excluding hydrogens is 264 g/mol. The van der Waals surface area contributed by atoms with E-state index in [1.54, 1.807) is 6.07 Å². The highest BCUT2D eigenvalue weighted by molar-refractivity contribution is 6.01. The van der Waals surface area contributed by atoms with Crippen LogP contribution in [0.2, 0.25) is 0 Å². The summed E-state index contributed by atoms with van der Waals surface area (Å²) in [6.07, 6.45) is 7.63. The Morgan fingerprint density at radius 3 is 2.67 bits per heavy atom. The summed E-state index contributed by atoms with van der Waals surface area (Å²) in [5.74, 6) is 1.51. The fourth-order valence-corrected chi connectivity index (χ4v) is 3.63. The number of para-hydroxylation sites is 1. The quantitative estimate of drug-likeness (QED) is 0.929. The van der Waals surface area contributed by atoms with E-state index in [9.17, 15) is 9.90 Å². The van der Waals surface area contributed by atoms with Gasteiger partial charge in [-0.15, -0.1) is 0 Å². The van der Waals surface area contributed by atoms with Crippen molar-refractivity contribution in [3.63, 3.8) is 0 Å². The van der Waals surface area contributed by atoms with Gasteiger partial charge in [-0.1, -0.05) is 18.9 Å². The summed E-state index contributed by atoms with van der Waals surface area (Å²) in [4.78, 5) is 16.1. The number of carboxylic acid groups (broad SMARTS) is 1. The minimum absolute atomic E-state index is 0.333. The van der Waals surface area contributed by atoms with Crippen molar-refractivity contribution in [1.82, 2.24) is 9.55 Å². The van der Waals surface area contributed by atoms with Gasteiger partial charge >= 0.3 is 5.97 Å². The van der Waals surface area contributed by atoms with Crippen LogP contribution in [0.1, 0.15) is 60.6 Å². The number of imidazole rings is 1. The van der Waals surface area contributed by atoms with E-state index in [1.807, 2.05) is 12.1 Å². The van der Waals surface area contributed by atoms with Gasteiger partial charge in [0.05, 0.1) is 11.1 Å². The summed E-state index contributed by atoms with van der Waals surface area (Å²) in [7, 11) is 0. The SMILES string of the molecule is O=C(O)c1cccc2c1nc(C1CC1)n2CC1CCCC1. The molecule has 2 saturated carbocycles. The molecule has 4 heteroatoms. The van der Waals surface area contributed by atoms with Gasteiger partial charge < -0.3 is 9.67 Å². The van der Waals surface area contributed by atoms with Crippen molar-refractivity contribution in [2.75, 3.05) is 0 Å². The zero-order valence-corrected chi connectivity index (χ0v) is 12.1. The summed E-state index contributed by atoms with van der Waals surface area (Å²) < 4.78 is 2.31. The molecule has 21 heavy (non-hydrogen) atoms. The van der Waals surface area contributed by atoms with E-state index in [4.69, 9.17) is 4.98 Å². The molecule has 1 aromatic heterocycles. The van der Waals surface area contributed by atoms with Crippen LogP contribution in [-0.2, 0) is 6.54 Å². The number of hydrogen-bond acceptors (Lipinski definition) is 2. The number of aromatic carboxylic acids is 1. The second-order valence-electron chi connectivity index (χ2n) is 6.48. The van der Waals surface area contributed by atoms with Crippen molar-refractivity contribution in [2.45, 2.75) is 51.0 Å². The van der Waals surface area contributed by atoms with Gasteiger partial charge in [0.1, 0.15) is 11.3 Å². The highest BCUT2D eigenvalue weighted by atomic mass is 16.4. The lowest BCUT2D eigenvalue weighted by molar-refractivity contribution is 0.0699. The first-order chi connectivity index (χ1) is 10.2. The Kier molecular flexibility index (Phi) is 2.98. The van der Waals surface area contributed by atoms with Gasteiger partial charge in [0.2, 0.25) is 0 Å². The second-order valence-corrected chi connectivity index (χ2v) is 6.48. The lowest BCUT2D eigenvalue weighted by Crippen LogP contribution is -2.10. The van der Waals surface area contributed by atoms with E-state index in [-0.39, 0.29) is 0 Å². The standard InChI is InChI=1S/C17H20N2O2/c20-17(21)13-6-3-7-14-15(13)18-16(12-8-9-12)19(14)10-11-4-1-2-5-11/h3,6-7,11-12H,1-2,4-5,8-10H2,(H,20,21). The largest absolute Gasteiger partial charge is 0.478 e. The monoisotopic (exact) mass is 284 g/mol. The molecule has 1 aromatic carbocycles. The average Bonchev–Trinajstić information content (AvgIpc) is 3.07. The molecule has 4 rings (SSSR count). The number of carbonyl (C=O) groups is 1. The Morgan fingerprint density at radius 1 is 1.24 bits per heavy atom. The van der Waals surface area contributed by atoms with Crippen molar-refractivity contribution in [1.29, 1.82) is 0 Å². The summed E-state index contributed by atoms with van der Waals surface area (Å²) in [5.41, 5.74) is 2.01. The molecule has 0 saturated heterocycles. The molecule has 2 aromatic rings. The lowest BCUT2D eigenvalue weighted by atomic mass is 10.1. The molecular formula is C17H20N2O2. The number of nitrogens with zero attached hydrogens (tertiary/aromatic N) is 2. The third-order valence-electron chi connectivity index (χ3n) is 4.90. The van der Waals surface area contributed by atoms with Crippen molar-refractivity contribution in [3.8, 4) is 0 Å². The Balaban J connectivity index is 1.83. The van der Waals surface area contributed by atoms with Gasteiger partial charge in [0, 0.05) is 12.5 Å². The molecule has 2 aliphatic carbocycles. The topological polar surface area (TPSA) is 55.1 Å². The molecule has 0 bridgehead atoms. The molecule has 2 fully saturated rings. The van der Waals surface area contributed by atoms with Crippen LogP contribution in [0.3, 0.4) is 0 Å². The maximum absolute atomic E-state index is 11.4. The smallest absolute Gasteiger partial charge is 0.337 e. The van der Waals surface area contributed by atoms with Crippen LogP contribution < -0.4 is 0 Å². The fourth-order valence-electron chi connectivity index (χ4n) is 3.63. The fraction of sp³-hybridized carbons (Fsp3) is 0.529. The van der Waals surface area contributed by atoms with Gasteiger partial charge in [-0.25, -0.2) is 9.78 Å². The van der Waals surface area contributed by atoms with Gasteiger partial charge in [-0.3, -0.25) is 0 Å². The molecule has 0 spiro atoms. The Hall–Kier alpha value is -1.84. The summed E-state index contributed by atoms with van der Waals surface area (Å²) >= 11 is 0. The highest BCUT2D eigenvalue weighted by Gasteiger charge is 2.31. The first-order valence-electron chi connectivity index (χ1n) is 7.96. The maximum Gasteiger partial charge on any atom is 0.337 e. The van der Waals surface area contributed by atoms with Crippen LogP contribution in [0.15, 0.2) is 18.2 Å². The molecule has 0 radical (unpaired) electrons. The van der Waals surface area contributed by atoms with E-state index in [0.717, 1.165) is 23.8 Å². The molecule has 0 amide bonds.